The third-order valence-corrected chi connectivity index (χ3v) is 2.70. The Hall–Kier alpha value is -1.87. The molecule has 0 aliphatic heterocycles. The Kier molecular flexibility index (Phi) is 3.11. The molecule has 2 nitrogen and oxygen atoms in total. The van der Waals surface area contributed by atoms with Crippen molar-refractivity contribution in [2.75, 3.05) is 0 Å². The molecule has 2 aromatic carbocycles. The average Bonchev–Trinajstić information content (AvgIpc) is 2.29. The quantitative estimate of drug-likeness (QED) is 0.879. The summed E-state index contributed by atoms with van der Waals surface area (Å²) in [5.74, 6) is -1.47. The summed E-state index contributed by atoms with van der Waals surface area (Å²) < 4.78 is 12.8. The van der Waals surface area contributed by atoms with Crippen LogP contribution in [0.25, 0.3) is 11.1 Å². The lowest BCUT2D eigenvalue weighted by Crippen LogP contribution is -2.00. The zero-order chi connectivity index (χ0) is 12.4. The van der Waals surface area contributed by atoms with Crippen molar-refractivity contribution in [1.82, 2.24) is 0 Å². The Balaban J connectivity index is 2.63. The third-order valence-electron chi connectivity index (χ3n) is 2.38. The molecule has 1 N–H and O–H groups in total. The second-order valence-corrected chi connectivity index (χ2v) is 3.88. The minimum atomic E-state index is -1.10. The highest BCUT2D eigenvalue weighted by atomic mass is 35.5. The molecule has 0 amide bonds. The van der Waals surface area contributed by atoms with Gasteiger partial charge in [-0.2, -0.15) is 0 Å². The molecular weight excluding hydrogens is 243 g/mol. The maximum Gasteiger partial charge on any atom is 0.337 e. The molecule has 0 atom stereocenters. The number of carboxylic acids is 1. The molecule has 0 spiro atoms. The Labute approximate surface area is 102 Å². The van der Waals surface area contributed by atoms with Crippen LogP contribution in [0.2, 0.25) is 5.02 Å². The van der Waals surface area contributed by atoms with Gasteiger partial charge in [0.05, 0.1) is 10.6 Å². The van der Waals surface area contributed by atoms with E-state index in [0.29, 0.717) is 11.1 Å². The SMILES string of the molecule is O=C(O)c1c(Cl)cccc1-c1ccc(F)cc1. The summed E-state index contributed by atoms with van der Waals surface area (Å²) in [4.78, 5) is 11.1. The summed E-state index contributed by atoms with van der Waals surface area (Å²) in [6, 6.07) is 10.4. The first kappa shape index (κ1) is 11.6. The summed E-state index contributed by atoms with van der Waals surface area (Å²) in [5.41, 5.74) is 1.12. The maximum atomic E-state index is 12.8. The molecule has 0 saturated heterocycles. The van der Waals surface area contributed by atoms with Crippen LogP contribution >= 0.6 is 11.6 Å². The first-order chi connectivity index (χ1) is 8.09. The van der Waals surface area contributed by atoms with Gasteiger partial charge in [0.25, 0.3) is 0 Å². The molecule has 0 radical (unpaired) electrons. The normalized spacial score (nSPS) is 10.2. The summed E-state index contributed by atoms with van der Waals surface area (Å²) in [6.45, 7) is 0. The van der Waals surface area contributed by atoms with Gasteiger partial charge in [0.15, 0.2) is 0 Å². The summed E-state index contributed by atoms with van der Waals surface area (Å²) in [7, 11) is 0. The highest BCUT2D eigenvalue weighted by molar-refractivity contribution is 6.34. The maximum absolute atomic E-state index is 12.8. The molecule has 0 fully saturated rings. The summed E-state index contributed by atoms with van der Waals surface area (Å²) in [6.07, 6.45) is 0. The minimum absolute atomic E-state index is 0.0285. The number of hydrogen-bond acceptors (Lipinski definition) is 1. The highest BCUT2D eigenvalue weighted by Crippen LogP contribution is 2.29. The predicted octanol–water partition coefficient (Wildman–Crippen LogP) is 3.84. The molecule has 2 aromatic rings. The largest absolute Gasteiger partial charge is 0.478 e. The molecule has 2 rings (SSSR count). The van der Waals surface area contributed by atoms with Gasteiger partial charge in [0.2, 0.25) is 0 Å². The molecule has 0 bridgehead atoms. The van der Waals surface area contributed by atoms with Crippen LogP contribution in [0.4, 0.5) is 4.39 Å². The van der Waals surface area contributed by atoms with Crippen LogP contribution in [0, 0.1) is 5.82 Å². The van der Waals surface area contributed by atoms with E-state index in [9.17, 15) is 9.18 Å². The van der Waals surface area contributed by atoms with E-state index >= 15 is 0 Å². The molecule has 0 unspecified atom stereocenters. The standard InChI is InChI=1S/C13H8ClFO2/c14-11-3-1-2-10(12(11)13(16)17)8-4-6-9(15)7-5-8/h1-7H,(H,16,17). The number of halogens is 2. The van der Waals surface area contributed by atoms with Crippen molar-refractivity contribution in [3.63, 3.8) is 0 Å². The van der Waals surface area contributed by atoms with Crippen molar-refractivity contribution < 1.29 is 14.3 Å². The Bertz CT molecular complexity index is 564. The molecule has 0 aromatic heterocycles. The number of carboxylic acid groups (broad SMARTS) is 1. The number of rotatable bonds is 2. The lowest BCUT2D eigenvalue weighted by Gasteiger charge is -2.07. The molecular formula is C13H8ClFO2. The van der Waals surface area contributed by atoms with E-state index in [-0.39, 0.29) is 16.4 Å². The van der Waals surface area contributed by atoms with Crippen molar-refractivity contribution >= 4 is 17.6 Å². The minimum Gasteiger partial charge on any atom is -0.478 e. The van der Waals surface area contributed by atoms with Gasteiger partial charge in [-0.15, -0.1) is 0 Å². The van der Waals surface area contributed by atoms with Crippen LogP contribution in [-0.4, -0.2) is 11.1 Å². The molecule has 0 aliphatic rings. The van der Waals surface area contributed by atoms with Gasteiger partial charge in [-0.05, 0) is 29.3 Å². The average molecular weight is 251 g/mol. The topological polar surface area (TPSA) is 37.3 Å². The van der Waals surface area contributed by atoms with Gasteiger partial charge in [-0.3, -0.25) is 0 Å². The zero-order valence-electron chi connectivity index (χ0n) is 8.65. The van der Waals surface area contributed by atoms with Gasteiger partial charge >= 0.3 is 5.97 Å². The molecule has 17 heavy (non-hydrogen) atoms. The van der Waals surface area contributed by atoms with Crippen LogP contribution in [0.15, 0.2) is 42.5 Å². The summed E-state index contributed by atoms with van der Waals surface area (Å²) in [5, 5.41) is 9.27. The van der Waals surface area contributed by atoms with E-state index in [1.54, 1.807) is 12.1 Å². The van der Waals surface area contributed by atoms with Crippen molar-refractivity contribution in [2.45, 2.75) is 0 Å². The fraction of sp³-hybridized carbons (Fsp3) is 0. The monoisotopic (exact) mass is 250 g/mol. The lowest BCUT2D eigenvalue weighted by atomic mass is 10.00. The first-order valence-electron chi connectivity index (χ1n) is 4.87. The van der Waals surface area contributed by atoms with E-state index in [0.717, 1.165) is 0 Å². The van der Waals surface area contributed by atoms with Crippen LogP contribution < -0.4 is 0 Å². The zero-order valence-corrected chi connectivity index (χ0v) is 9.41. The fourth-order valence-corrected chi connectivity index (χ4v) is 1.87. The van der Waals surface area contributed by atoms with Crippen LogP contribution in [0.3, 0.4) is 0 Å². The van der Waals surface area contributed by atoms with Gasteiger partial charge in [0.1, 0.15) is 5.82 Å². The second kappa shape index (κ2) is 4.55. The molecule has 0 heterocycles. The molecule has 86 valence electrons. The smallest absolute Gasteiger partial charge is 0.337 e. The fourth-order valence-electron chi connectivity index (χ4n) is 1.61. The Morgan fingerprint density at radius 2 is 1.76 bits per heavy atom. The van der Waals surface area contributed by atoms with Crippen molar-refractivity contribution in [2.24, 2.45) is 0 Å². The molecule has 0 aliphatic carbocycles. The van der Waals surface area contributed by atoms with Crippen molar-refractivity contribution in [3.8, 4) is 11.1 Å². The number of carbonyl (C=O) groups is 1. The second-order valence-electron chi connectivity index (χ2n) is 3.47. The molecule has 0 saturated carbocycles. The van der Waals surface area contributed by atoms with Crippen molar-refractivity contribution in [1.29, 1.82) is 0 Å². The van der Waals surface area contributed by atoms with Gasteiger partial charge in [0, 0.05) is 0 Å². The van der Waals surface area contributed by atoms with E-state index in [2.05, 4.69) is 0 Å². The van der Waals surface area contributed by atoms with E-state index in [4.69, 9.17) is 16.7 Å². The van der Waals surface area contributed by atoms with Crippen LogP contribution in [-0.2, 0) is 0 Å². The van der Waals surface area contributed by atoms with Crippen LogP contribution in [0.1, 0.15) is 10.4 Å². The van der Waals surface area contributed by atoms with Crippen molar-refractivity contribution in [3.05, 3.63) is 58.9 Å². The van der Waals surface area contributed by atoms with Crippen LogP contribution in [0.5, 0.6) is 0 Å². The number of aromatic carboxylic acids is 1. The van der Waals surface area contributed by atoms with Gasteiger partial charge in [-0.1, -0.05) is 35.9 Å². The Morgan fingerprint density at radius 3 is 2.35 bits per heavy atom. The third kappa shape index (κ3) is 2.29. The lowest BCUT2D eigenvalue weighted by molar-refractivity contribution is 0.0698. The Morgan fingerprint density at radius 1 is 1.12 bits per heavy atom. The molecule has 4 heteroatoms. The summed E-state index contributed by atoms with van der Waals surface area (Å²) >= 11 is 5.85. The first-order valence-corrected chi connectivity index (χ1v) is 5.25. The van der Waals surface area contributed by atoms with Gasteiger partial charge in [-0.25, -0.2) is 9.18 Å². The van der Waals surface area contributed by atoms with E-state index < -0.39 is 5.97 Å². The van der Waals surface area contributed by atoms with E-state index in [1.807, 2.05) is 0 Å². The number of benzene rings is 2. The predicted molar refractivity (Wildman–Crippen MR) is 63.8 cm³/mol. The number of hydrogen-bond donors (Lipinski definition) is 1. The highest BCUT2D eigenvalue weighted by Gasteiger charge is 2.15. The van der Waals surface area contributed by atoms with Gasteiger partial charge < -0.3 is 5.11 Å². The van der Waals surface area contributed by atoms with E-state index in [1.165, 1.54) is 30.3 Å².